The number of hydrogen-bond donors (Lipinski definition) is 0. The molecule has 3 aliphatic rings. The molecule has 5 atom stereocenters. The summed E-state index contributed by atoms with van der Waals surface area (Å²) in [5, 5.41) is 0. The first-order valence-electron chi connectivity index (χ1n) is 7.14. The van der Waals surface area contributed by atoms with E-state index >= 15 is 0 Å². The van der Waals surface area contributed by atoms with Crippen LogP contribution < -0.4 is 0 Å². The van der Waals surface area contributed by atoms with Crippen molar-refractivity contribution < 1.29 is 33.3 Å². The van der Waals surface area contributed by atoms with Gasteiger partial charge in [-0.1, -0.05) is 37.9 Å². The molecule has 132 valence electrons. The molecule has 1 saturated heterocycles. The van der Waals surface area contributed by atoms with E-state index in [0.29, 0.717) is 0 Å². The van der Waals surface area contributed by atoms with Gasteiger partial charge in [-0.25, -0.2) is 0 Å². The molecule has 0 N–H and O–H groups in total. The smallest absolute Gasteiger partial charge is 0.312 e. The highest BCUT2D eigenvalue weighted by Gasteiger charge is 2.99. The Hall–Kier alpha value is -0.770. The van der Waals surface area contributed by atoms with E-state index in [0.717, 1.165) is 0 Å². The standard InChI is InChI=1S/C15H16Br2O7/c1-5-6-12-11(20)13(16)7(9(18)21-2)8(10(19)24-12)14(12,17)15(13,22-3)23-4/h5,7-8H,1,6H2,2-4H3/t7-,8+,12+,13+,14-/m0/s1. The van der Waals surface area contributed by atoms with Crippen molar-refractivity contribution in [3.63, 3.8) is 0 Å². The molecule has 0 unspecified atom stereocenters. The highest BCUT2D eigenvalue weighted by atomic mass is 79.9. The van der Waals surface area contributed by atoms with Crippen LogP contribution in [0.2, 0.25) is 0 Å². The van der Waals surface area contributed by atoms with Crippen LogP contribution in [0.15, 0.2) is 12.7 Å². The molecule has 0 aromatic heterocycles. The third-order valence-electron chi connectivity index (χ3n) is 5.42. The number of ether oxygens (including phenoxy) is 4. The number of Topliss-reactive ketones (excluding diaryl/α,β-unsaturated/α-hetero) is 1. The van der Waals surface area contributed by atoms with Crippen LogP contribution in [0.1, 0.15) is 6.42 Å². The third-order valence-corrected chi connectivity index (χ3v) is 8.46. The molecular formula is C15H16Br2O7. The fourth-order valence-corrected chi connectivity index (χ4v) is 7.83. The fourth-order valence-electron chi connectivity index (χ4n) is 4.64. The van der Waals surface area contributed by atoms with Gasteiger partial charge in [-0.15, -0.1) is 6.58 Å². The minimum Gasteiger partial charge on any atom is -0.469 e. The molecule has 2 aliphatic carbocycles. The first kappa shape index (κ1) is 18.0. The van der Waals surface area contributed by atoms with Crippen molar-refractivity contribution in [2.45, 2.75) is 26.5 Å². The predicted octanol–water partition coefficient (Wildman–Crippen LogP) is 1.12. The highest BCUT2D eigenvalue weighted by molar-refractivity contribution is 9.11. The lowest BCUT2D eigenvalue weighted by Gasteiger charge is -2.40. The van der Waals surface area contributed by atoms with Gasteiger partial charge in [-0.05, 0) is 0 Å². The Balaban J connectivity index is 2.40. The van der Waals surface area contributed by atoms with Gasteiger partial charge in [-0.3, -0.25) is 14.4 Å². The minimum absolute atomic E-state index is 0.0506. The predicted molar refractivity (Wildman–Crippen MR) is 87.7 cm³/mol. The molecule has 3 fully saturated rings. The quantitative estimate of drug-likeness (QED) is 0.259. The van der Waals surface area contributed by atoms with E-state index in [9.17, 15) is 14.4 Å². The van der Waals surface area contributed by atoms with Crippen molar-refractivity contribution in [2.75, 3.05) is 21.3 Å². The Bertz CT molecular complexity index is 660. The van der Waals surface area contributed by atoms with E-state index in [2.05, 4.69) is 38.4 Å². The van der Waals surface area contributed by atoms with Gasteiger partial charge in [0.05, 0.1) is 18.9 Å². The van der Waals surface area contributed by atoms with E-state index in [4.69, 9.17) is 18.9 Å². The Kier molecular flexibility index (Phi) is 3.85. The third kappa shape index (κ3) is 1.38. The van der Waals surface area contributed by atoms with Crippen LogP contribution in [0.5, 0.6) is 0 Å². The lowest BCUT2D eigenvalue weighted by atomic mass is 9.71. The Morgan fingerprint density at radius 2 is 1.88 bits per heavy atom. The Morgan fingerprint density at radius 1 is 1.29 bits per heavy atom. The Labute approximate surface area is 155 Å². The molecule has 24 heavy (non-hydrogen) atoms. The summed E-state index contributed by atoms with van der Waals surface area (Å²) in [5.74, 6) is -5.78. The van der Waals surface area contributed by atoms with E-state index in [1.807, 2.05) is 0 Å². The second-order valence-corrected chi connectivity index (χ2v) is 8.50. The lowest BCUT2D eigenvalue weighted by Crippen LogP contribution is -2.59. The molecule has 0 aromatic rings. The molecule has 7 nitrogen and oxygen atoms in total. The minimum atomic E-state index is -1.66. The molecule has 2 bridgehead atoms. The van der Waals surface area contributed by atoms with Crippen LogP contribution in [0.25, 0.3) is 0 Å². The summed E-state index contributed by atoms with van der Waals surface area (Å²) in [7, 11) is 3.88. The van der Waals surface area contributed by atoms with Gasteiger partial charge in [0.1, 0.15) is 4.32 Å². The summed E-state index contributed by atoms with van der Waals surface area (Å²) in [6, 6.07) is 0. The van der Waals surface area contributed by atoms with Crippen LogP contribution >= 0.6 is 31.9 Å². The number of alkyl halides is 2. The molecule has 0 spiro atoms. The summed E-state index contributed by atoms with van der Waals surface area (Å²) in [4.78, 5) is 38.5. The van der Waals surface area contributed by atoms with Gasteiger partial charge in [0.2, 0.25) is 11.6 Å². The number of ketones is 1. The molecule has 3 rings (SSSR count). The number of esters is 2. The molecule has 0 radical (unpaired) electrons. The van der Waals surface area contributed by atoms with Gasteiger partial charge in [0, 0.05) is 20.6 Å². The zero-order valence-corrected chi connectivity index (χ0v) is 16.4. The van der Waals surface area contributed by atoms with Crippen molar-refractivity contribution in [1.29, 1.82) is 0 Å². The number of halogens is 2. The number of fused-ring (bicyclic) bond motifs is 1. The van der Waals surface area contributed by atoms with E-state index in [-0.39, 0.29) is 6.42 Å². The first-order valence-corrected chi connectivity index (χ1v) is 8.73. The topological polar surface area (TPSA) is 88.1 Å². The first-order chi connectivity index (χ1) is 11.2. The van der Waals surface area contributed by atoms with Crippen LogP contribution in [0.3, 0.4) is 0 Å². The largest absolute Gasteiger partial charge is 0.469 e. The maximum absolute atomic E-state index is 13.4. The summed E-state index contributed by atoms with van der Waals surface area (Å²) in [6.07, 6.45) is 1.53. The van der Waals surface area contributed by atoms with Crippen molar-refractivity contribution in [3.05, 3.63) is 12.7 Å². The SMILES string of the molecule is C=CC[C@@]12OC(=O)[C@H]3[C@@H](C(=O)OC)[C@@](Br)(C1=O)C(OC)(OC)[C@]32Br. The molecule has 2 saturated carbocycles. The zero-order valence-electron chi connectivity index (χ0n) is 13.3. The van der Waals surface area contributed by atoms with E-state index in [1.54, 1.807) is 0 Å². The number of methoxy groups -OCH3 is 3. The maximum atomic E-state index is 13.4. The van der Waals surface area contributed by atoms with Crippen molar-refractivity contribution in [2.24, 2.45) is 11.8 Å². The molecular weight excluding hydrogens is 452 g/mol. The van der Waals surface area contributed by atoms with Gasteiger partial charge in [0.25, 0.3) is 0 Å². The fraction of sp³-hybridized carbons (Fsp3) is 0.667. The number of hydrogen-bond acceptors (Lipinski definition) is 7. The van der Waals surface area contributed by atoms with Crippen LogP contribution in [-0.2, 0) is 33.3 Å². The van der Waals surface area contributed by atoms with Gasteiger partial charge in [-0.2, -0.15) is 0 Å². The lowest BCUT2D eigenvalue weighted by molar-refractivity contribution is -0.223. The summed E-state index contributed by atoms with van der Waals surface area (Å²) >= 11 is 6.93. The van der Waals surface area contributed by atoms with Gasteiger partial charge >= 0.3 is 11.9 Å². The van der Waals surface area contributed by atoms with E-state index < -0.39 is 49.6 Å². The van der Waals surface area contributed by atoms with Crippen LogP contribution in [-0.4, -0.2) is 59.1 Å². The molecule has 1 heterocycles. The normalized spacial score (nSPS) is 44.5. The van der Waals surface area contributed by atoms with Gasteiger partial charge < -0.3 is 18.9 Å². The number of carbonyl (C=O) groups excluding carboxylic acids is 3. The molecule has 9 heteroatoms. The molecule has 1 aliphatic heterocycles. The Morgan fingerprint density at radius 3 is 2.33 bits per heavy atom. The molecule has 0 aromatic carbocycles. The van der Waals surface area contributed by atoms with Crippen LogP contribution in [0, 0.1) is 11.8 Å². The number of carbonyl (C=O) groups is 3. The van der Waals surface area contributed by atoms with Crippen molar-refractivity contribution >= 4 is 49.6 Å². The second-order valence-electron chi connectivity index (χ2n) is 6.00. The average Bonchev–Trinajstić information content (AvgIpc) is 2.90. The van der Waals surface area contributed by atoms with Gasteiger partial charge in [0.15, 0.2) is 9.93 Å². The van der Waals surface area contributed by atoms with Crippen molar-refractivity contribution in [3.8, 4) is 0 Å². The average molecular weight is 468 g/mol. The summed E-state index contributed by atoms with van der Waals surface area (Å²) < 4.78 is 18.5. The number of rotatable bonds is 5. The summed E-state index contributed by atoms with van der Waals surface area (Å²) in [6.45, 7) is 3.65. The summed E-state index contributed by atoms with van der Waals surface area (Å²) in [5.41, 5.74) is -1.59. The zero-order chi connectivity index (χ0) is 18.1. The second kappa shape index (κ2) is 5.12. The maximum Gasteiger partial charge on any atom is 0.312 e. The van der Waals surface area contributed by atoms with Crippen molar-refractivity contribution in [1.82, 2.24) is 0 Å². The van der Waals surface area contributed by atoms with Crippen LogP contribution in [0.4, 0.5) is 0 Å². The highest BCUT2D eigenvalue weighted by Crippen LogP contribution is 2.77. The molecule has 0 amide bonds. The monoisotopic (exact) mass is 466 g/mol. The van der Waals surface area contributed by atoms with E-state index in [1.165, 1.54) is 27.4 Å².